The highest BCUT2D eigenvalue weighted by atomic mass is 35.5. The van der Waals surface area contributed by atoms with Gasteiger partial charge in [0.1, 0.15) is 5.60 Å². The number of likely N-dealkylation sites (tertiary alicyclic amines) is 1. The van der Waals surface area contributed by atoms with Crippen LogP contribution in [0.2, 0.25) is 15.1 Å². The van der Waals surface area contributed by atoms with E-state index in [1.54, 1.807) is 12.1 Å². The van der Waals surface area contributed by atoms with Crippen LogP contribution in [-0.4, -0.2) is 27.9 Å². The molecule has 3 aromatic rings. The van der Waals surface area contributed by atoms with E-state index in [-0.39, 0.29) is 11.9 Å². The number of aromatic nitrogens is 1. The Morgan fingerprint density at radius 2 is 1.71 bits per heavy atom. The summed E-state index contributed by atoms with van der Waals surface area (Å²) in [5, 5.41) is 1.72. The molecule has 2 aliphatic rings. The SMILES string of the molecule is CC1(C)CC(N2CCCCC2=O)c2cc(-c3ccc(Cl)cc3)c(-c3ccc(Cl)cc3Cl)nc2O1. The summed E-state index contributed by atoms with van der Waals surface area (Å²) in [5.74, 6) is 0.733. The van der Waals surface area contributed by atoms with Gasteiger partial charge in [-0.05, 0) is 68.7 Å². The fourth-order valence-corrected chi connectivity index (χ4v) is 5.51. The molecule has 1 amide bonds. The normalized spacial score (nSPS) is 19.5. The first-order valence-electron chi connectivity index (χ1n) is 11.5. The Morgan fingerprint density at radius 3 is 2.41 bits per heavy atom. The molecule has 3 heterocycles. The first-order chi connectivity index (χ1) is 16.2. The van der Waals surface area contributed by atoms with Gasteiger partial charge in [0.15, 0.2) is 0 Å². The topological polar surface area (TPSA) is 42.4 Å². The largest absolute Gasteiger partial charge is 0.471 e. The Bertz CT molecular complexity index is 1260. The summed E-state index contributed by atoms with van der Waals surface area (Å²) in [6.45, 7) is 4.84. The first kappa shape index (κ1) is 23.5. The number of pyridine rings is 1. The van der Waals surface area contributed by atoms with Crippen LogP contribution in [0.15, 0.2) is 48.5 Å². The molecule has 0 saturated carbocycles. The first-order valence-corrected chi connectivity index (χ1v) is 12.6. The molecule has 1 fully saturated rings. The number of fused-ring (bicyclic) bond motifs is 1. The fraction of sp³-hybridized carbons (Fsp3) is 0.333. The van der Waals surface area contributed by atoms with Crippen molar-refractivity contribution in [1.29, 1.82) is 0 Å². The molecule has 0 bridgehead atoms. The van der Waals surface area contributed by atoms with Crippen molar-refractivity contribution in [1.82, 2.24) is 9.88 Å². The van der Waals surface area contributed by atoms with Gasteiger partial charge in [0.05, 0.1) is 16.8 Å². The number of nitrogens with zero attached hydrogens (tertiary/aromatic N) is 2. The zero-order chi connectivity index (χ0) is 24.0. The minimum absolute atomic E-state index is 0.0974. The summed E-state index contributed by atoms with van der Waals surface area (Å²) in [7, 11) is 0. The third-order valence-electron chi connectivity index (χ3n) is 6.51. The molecular weight excluding hydrogens is 491 g/mol. The molecule has 7 heteroatoms. The van der Waals surface area contributed by atoms with Gasteiger partial charge in [-0.1, -0.05) is 46.9 Å². The number of piperidine rings is 1. The maximum Gasteiger partial charge on any atom is 0.223 e. The van der Waals surface area contributed by atoms with Gasteiger partial charge in [0.2, 0.25) is 11.8 Å². The van der Waals surface area contributed by atoms with Gasteiger partial charge in [-0.25, -0.2) is 4.98 Å². The van der Waals surface area contributed by atoms with Crippen molar-refractivity contribution in [2.24, 2.45) is 0 Å². The van der Waals surface area contributed by atoms with Crippen molar-refractivity contribution >= 4 is 40.7 Å². The number of rotatable bonds is 3. The van der Waals surface area contributed by atoms with Gasteiger partial charge >= 0.3 is 0 Å². The summed E-state index contributed by atoms with van der Waals surface area (Å²) in [6.07, 6.45) is 3.24. The number of amides is 1. The van der Waals surface area contributed by atoms with Crippen LogP contribution in [0.25, 0.3) is 22.4 Å². The predicted molar refractivity (Wildman–Crippen MR) is 138 cm³/mol. The smallest absolute Gasteiger partial charge is 0.223 e. The van der Waals surface area contributed by atoms with E-state index in [1.807, 2.05) is 49.1 Å². The lowest BCUT2D eigenvalue weighted by Gasteiger charge is -2.43. The lowest BCUT2D eigenvalue weighted by molar-refractivity contribution is -0.137. The van der Waals surface area contributed by atoms with Crippen LogP contribution in [0, 0.1) is 0 Å². The van der Waals surface area contributed by atoms with E-state index in [0.717, 1.165) is 41.6 Å². The van der Waals surface area contributed by atoms with E-state index < -0.39 is 5.60 Å². The van der Waals surface area contributed by atoms with Crippen LogP contribution in [0.1, 0.15) is 51.1 Å². The maximum absolute atomic E-state index is 12.9. The third kappa shape index (κ3) is 4.51. The molecule has 34 heavy (non-hydrogen) atoms. The van der Waals surface area contributed by atoms with Crippen LogP contribution < -0.4 is 4.74 Å². The van der Waals surface area contributed by atoms with E-state index in [4.69, 9.17) is 44.5 Å². The molecule has 176 valence electrons. The van der Waals surface area contributed by atoms with Crippen molar-refractivity contribution < 1.29 is 9.53 Å². The molecule has 0 aliphatic carbocycles. The van der Waals surface area contributed by atoms with Gasteiger partial charge in [-0.15, -0.1) is 0 Å². The minimum Gasteiger partial charge on any atom is -0.471 e. The number of carbonyl (C=O) groups is 1. The highest BCUT2D eigenvalue weighted by Crippen LogP contribution is 2.47. The average molecular weight is 516 g/mol. The Morgan fingerprint density at radius 1 is 0.971 bits per heavy atom. The van der Waals surface area contributed by atoms with E-state index in [0.29, 0.717) is 39.5 Å². The molecule has 1 unspecified atom stereocenters. The van der Waals surface area contributed by atoms with E-state index >= 15 is 0 Å². The minimum atomic E-state index is -0.467. The van der Waals surface area contributed by atoms with Crippen molar-refractivity contribution in [2.75, 3.05) is 6.54 Å². The predicted octanol–water partition coefficient (Wildman–Crippen LogP) is 7.99. The van der Waals surface area contributed by atoms with Crippen molar-refractivity contribution in [3.63, 3.8) is 0 Å². The fourth-order valence-electron chi connectivity index (χ4n) is 4.88. The molecule has 0 N–H and O–H groups in total. The summed E-state index contributed by atoms with van der Waals surface area (Å²) < 4.78 is 6.37. The Hall–Kier alpha value is -2.27. The molecule has 2 aromatic carbocycles. The van der Waals surface area contributed by atoms with Gasteiger partial charge in [-0.2, -0.15) is 0 Å². The summed E-state index contributed by atoms with van der Waals surface area (Å²) in [4.78, 5) is 19.9. The highest BCUT2D eigenvalue weighted by Gasteiger charge is 2.40. The average Bonchev–Trinajstić information content (AvgIpc) is 2.78. The van der Waals surface area contributed by atoms with Crippen molar-refractivity contribution in [3.05, 3.63) is 69.2 Å². The van der Waals surface area contributed by atoms with E-state index in [1.165, 1.54) is 0 Å². The molecule has 4 nitrogen and oxygen atoms in total. The zero-order valence-corrected chi connectivity index (χ0v) is 21.3. The Kier molecular flexibility index (Phi) is 6.26. The highest BCUT2D eigenvalue weighted by molar-refractivity contribution is 6.36. The van der Waals surface area contributed by atoms with Crippen LogP contribution in [0.4, 0.5) is 0 Å². The van der Waals surface area contributed by atoms with Crippen molar-refractivity contribution in [2.45, 2.75) is 51.2 Å². The van der Waals surface area contributed by atoms with Gasteiger partial charge in [-0.3, -0.25) is 4.79 Å². The summed E-state index contributed by atoms with van der Waals surface area (Å²) >= 11 is 19.0. The Labute approximate surface area is 214 Å². The number of carbonyl (C=O) groups excluding carboxylic acids is 1. The lowest BCUT2D eigenvalue weighted by atomic mass is 9.86. The number of hydrogen-bond donors (Lipinski definition) is 0. The maximum atomic E-state index is 12.9. The molecule has 5 rings (SSSR count). The van der Waals surface area contributed by atoms with Crippen LogP contribution >= 0.6 is 34.8 Å². The molecule has 1 aromatic heterocycles. The van der Waals surface area contributed by atoms with Crippen LogP contribution in [0.3, 0.4) is 0 Å². The van der Waals surface area contributed by atoms with Crippen LogP contribution in [-0.2, 0) is 4.79 Å². The number of ether oxygens (including phenoxy) is 1. The molecular formula is C27H25Cl3N2O2. The zero-order valence-electron chi connectivity index (χ0n) is 19.1. The number of hydrogen-bond acceptors (Lipinski definition) is 3. The quantitative estimate of drug-likeness (QED) is 0.355. The van der Waals surface area contributed by atoms with Crippen LogP contribution in [0.5, 0.6) is 5.88 Å². The standard InChI is InChI=1S/C27H25Cl3N2O2/c1-27(2)15-23(32-12-4-3-5-24(32)33)21-14-20(16-6-8-17(28)9-7-16)25(31-26(21)34-27)19-11-10-18(29)13-22(19)30/h6-11,13-14,23H,3-5,12,15H2,1-2H3. The number of benzene rings is 2. The molecule has 0 radical (unpaired) electrons. The van der Waals surface area contributed by atoms with Crippen molar-refractivity contribution in [3.8, 4) is 28.3 Å². The van der Waals surface area contributed by atoms with E-state index in [9.17, 15) is 4.79 Å². The second-order valence-electron chi connectivity index (χ2n) is 9.54. The van der Waals surface area contributed by atoms with E-state index in [2.05, 4.69) is 6.07 Å². The monoisotopic (exact) mass is 514 g/mol. The number of halogens is 3. The second-order valence-corrected chi connectivity index (χ2v) is 10.8. The Balaban J connectivity index is 1.73. The summed E-state index contributed by atoms with van der Waals surface area (Å²) in [5.41, 5.74) is 3.77. The van der Waals surface area contributed by atoms with Gasteiger partial charge in [0.25, 0.3) is 0 Å². The van der Waals surface area contributed by atoms with Gasteiger partial charge in [0, 0.05) is 46.1 Å². The van der Waals surface area contributed by atoms with Gasteiger partial charge < -0.3 is 9.64 Å². The molecule has 1 atom stereocenters. The summed E-state index contributed by atoms with van der Waals surface area (Å²) in [6, 6.07) is 15.0. The third-order valence-corrected chi connectivity index (χ3v) is 7.31. The lowest BCUT2D eigenvalue weighted by Crippen LogP contribution is -2.45. The second kappa shape index (κ2) is 9.07. The molecule has 0 spiro atoms. The molecule has 2 aliphatic heterocycles. The molecule has 1 saturated heterocycles.